The molecule has 1 heterocycles. The van der Waals surface area contributed by atoms with Crippen LogP contribution in [0, 0.1) is 13.8 Å². The van der Waals surface area contributed by atoms with Gasteiger partial charge in [0.15, 0.2) is 5.11 Å². The van der Waals surface area contributed by atoms with E-state index in [4.69, 9.17) is 12.2 Å². The fourth-order valence-corrected chi connectivity index (χ4v) is 2.44. The first-order valence-corrected chi connectivity index (χ1v) is 6.92. The van der Waals surface area contributed by atoms with Gasteiger partial charge in [0.25, 0.3) is 11.8 Å². The van der Waals surface area contributed by atoms with Gasteiger partial charge in [0.1, 0.15) is 5.57 Å². The molecule has 4 nitrogen and oxygen atoms in total. The van der Waals surface area contributed by atoms with Crippen LogP contribution in [-0.2, 0) is 9.59 Å². The van der Waals surface area contributed by atoms with Gasteiger partial charge in [-0.05, 0) is 48.8 Å². The van der Waals surface area contributed by atoms with E-state index in [-0.39, 0.29) is 17.2 Å². The number of hydrogen-bond acceptors (Lipinski definition) is 3. The molecule has 1 aromatic rings. The smallest absolute Gasteiger partial charge is 0.265 e. The third kappa shape index (κ3) is 2.92. The summed E-state index contributed by atoms with van der Waals surface area (Å²) in [6.07, 6.45) is 3.19. The monoisotopic (exact) mass is 300 g/mol. The van der Waals surface area contributed by atoms with Crippen LogP contribution in [0.15, 0.2) is 36.4 Å². The molecule has 1 aliphatic heterocycles. The minimum atomic E-state index is -0.465. The SMILES string of the molecule is C=CCN1C(=O)/C(=C/c2c(C)cccc2C)C(=O)NC1=S. The fraction of sp³-hybridized carbons (Fsp3) is 0.188. The van der Waals surface area contributed by atoms with E-state index in [1.54, 1.807) is 12.2 Å². The molecule has 21 heavy (non-hydrogen) atoms. The Bertz CT molecular complexity index is 657. The van der Waals surface area contributed by atoms with E-state index >= 15 is 0 Å². The van der Waals surface area contributed by atoms with Gasteiger partial charge in [0, 0.05) is 6.54 Å². The number of benzene rings is 1. The highest BCUT2D eigenvalue weighted by atomic mass is 32.1. The van der Waals surface area contributed by atoms with Crippen LogP contribution < -0.4 is 5.32 Å². The molecule has 1 fully saturated rings. The molecular weight excluding hydrogens is 284 g/mol. The lowest BCUT2D eigenvalue weighted by atomic mass is 9.99. The topological polar surface area (TPSA) is 49.4 Å². The van der Waals surface area contributed by atoms with Gasteiger partial charge in [0.2, 0.25) is 0 Å². The molecule has 108 valence electrons. The molecule has 1 saturated heterocycles. The fourth-order valence-electron chi connectivity index (χ4n) is 2.19. The maximum atomic E-state index is 12.4. The molecular formula is C16H16N2O2S. The predicted molar refractivity (Wildman–Crippen MR) is 86.5 cm³/mol. The summed E-state index contributed by atoms with van der Waals surface area (Å²) >= 11 is 5.01. The molecule has 1 aromatic carbocycles. The summed E-state index contributed by atoms with van der Waals surface area (Å²) in [5.41, 5.74) is 2.98. The van der Waals surface area contributed by atoms with Crippen molar-refractivity contribution >= 4 is 35.2 Å². The summed E-state index contributed by atoms with van der Waals surface area (Å²) in [5, 5.41) is 2.65. The molecule has 0 unspecified atom stereocenters. The minimum Gasteiger partial charge on any atom is -0.298 e. The number of nitrogens with one attached hydrogen (secondary N) is 1. The Morgan fingerprint density at radius 1 is 1.29 bits per heavy atom. The molecule has 0 radical (unpaired) electrons. The van der Waals surface area contributed by atoms with Crippen LogP contribution in [0.2, 0.25) is 0 Å². The molecule has 1 N–H and O–H groups in total. The third-order valence-corrected chi connectivity index (χ3v) is 3.65. The van der Waals surface area contributed by atoms with Gasteiger partial charge < -0.3 is 0 Å². The molecule has 0 aliphatic carbocycles. The van der Waals surface area contributed by atoms with Gasteiger partial charge >= 0.3 is 0 Å². The maximum Gasteiger partial charge on any atom is 0.265 e. The summed E-state index contributed by atoms with van der Waals surface area (Å²) in [7, 11) is 0. The summed E-state index contributed by atoms with van der Waals surface area (Å²) in [4.78, 5) is 25.8. The van der Waals surface area contributed by atoms with E-state index in [0.29, 0.717) is 0 Å². The largest absolute Gasteiger partial charge is 0.298 e. The lowest BCUT2D eigenvalue weighted by Crippen LogP contribution is -2.53. The van der Waals surface area contributed by atoms with Crippen molar-refractivity contribution in [3.63, 3.8) is 0 Å². The quantitative estimate of drug-likeness (QED) is 0.402. The van der Waals surface area contributed by atoms with Gasteiger partial charge in [-0.25, -0.2) is 0 Å². The molecule has 2 rings (SSSR count). The van der Waals surface area contributed by atoms with Crippen molar-refractivity contribution in [3.05, 3.63) is 53.1 Å². The van der Waals surface area contributed by atoms with Crippen molar-refractivity contribution in [2.75, 3.05) is 6.54 Å². The number of nitrogens with zero attached hydrogens (tertiary/aromatic N) is 1. The van der Waals surface area contributed by atoms with Crippen molar-refractivity contribution in [2.45, 2.75) is 13.8 Å². The first-order chi connectivity index (χ1) is 9.95. The van der Waals surface area contributed by atoms with Gasteiger partial charge in [-0.15, -0.1) is 6.58 Å². The second-order valence-corrected chi connectivity index (χ2v) is 5.21. The van der Waals surface area contributed by atoms with E-state index in [2.05, 4.69) is 11.9 Å². The summed E-state index contributed by atoms with van der Waals surface area (Å²) in [6, 6.07) is 5.82. The number of carbonyl (C=O) groups is 2. The van der Waals surface area contributed by atoms with Crippen LogP contribution in [-0.4, -0.2) is 28.4 Å². The highest BCUT2D eigenvalue weighted by Crippen LogP contribution is 2.20. The van der Waals surface area contributed by atoms with Crippen molar-refractivity contribution in [2.24, 2.45) is 0 Å². The van der Waals surface area contributed by atoms with E-state index in [0.717, 1.165) is 16.7 Å². The van der Waals surface area contributed by atoms with E-state index < -0.39 is 11.8 Å². The van der Waals surface area contributed by atoms with Crippen molar-refractivity contribution in [1.29, 1.82) is 0 Å². The first-order valence-electron chi connectivity index (χ1n) is 6.51. The Kier molecular flexibility index (Phi) is 4.33. The number of carbonyl (C=O) groups excluding carboxylic acids is 2. The molecule has 0 aromatic heterocycles. The molecule has 5 heteroatoms. The van der Waals surface area contributed by atoms with Crippen LogP contribution >= 0.6 is 12.2 Å². The standard InChI is InChI=1S/C16H16N2O2S/c1-4-8-18-15(20)13(14(19)17-16(18)21)9-12-10(2)6-5-7-11(12)3/h4-7,9H,1,8H2,2-3H3,(H,17,19,21)/b13-9+. The van der Waals surface area contributed by atoms with Crippen LogP contribution in [0.25, 0.3) is 6.08 Å². The molecule has 0 saturated carbocycles. The Hall–Kier alpha value is -2.27. The first kappa shape index (κ1) is 15.1. The van der Waals surface area contributed by atoms with Crippen molar-refractivity contribution < 1.29 is 9.59 Å². The molecule has 0 atom stereocenters. The normalized spacial score (nSPS) is 17.1. The van der Waals surface area contributed by atoms with Gasteiger partial charge in [-0.1, -0.05) is 24.3 Å². The predicted octanol–water partition coefficient (Wildman–Crippen LogP) is 2.12. The van der Waals surface area contributed by atoms with Gasteiger partial charge in [0.05, 0.1) is 0 Å². The highest BCUT2D eigenvalue weighted by Gasteiger charge is 2.32. The van der Waals surface area contributed by atoms with Gasteiger partial charge in [-0.3, -0.25) is 19.8 Å². The lowest BCUT2D eigenvalue weighted by Gasteiger charge is -2.28. The Labute approximate surface area is 129 Å². The van der Waals surface area contributed by atoms with Crippen molar-refractivity contribution in [3.8, 4) is 0 Å². The Balaban J connectivity index is 2.48. The Morgan fingerprint density at radius 2 is 1.90 bits per heavy atom. The van der Waals surface area contributed by atoms with Crippen LogP contribution in [0.1, 0.15) is 16.7 Å². The summed E-state index contributed by atoms with van der Waals surface area (Å²) < 4.78 is 0. The summed E-state index contributed by atoms with van der Waals surface area (Å²) in [6.45, 7) is 7.74. The second kappa shape index (κ2) is 6.01. The zero-order valence-electron chi connectivity index (χ0n) is 12.0. The number of amides is 2. The minimum absolute atomic E-state index is 0.0860. The number of aryl methyl sites for hydroxylation is 2. The average Bonchev–Trinajstić information content (AvgIpc) is 2.42. The molecule has 1 aliphatic rings. The lowest BCUT2D eigenvalue weighted by molar-refractivity contribution is -0.128. The van der Waals surface area contributed by atoms with E-state index in [9.17, 15) is 9.59 Å². The van der Waals surface area contributed by atoms with Crippen molar-refractivity contribution in [1.82, 2.24) is 10.2 Å². The van der Waals surface area contributed by atoms with E-state index in [1.165, 1.54) is 4.90 Å². The maximum absolute atomic E-state index is 12.4. The number of thiocarbonyl (C=S) groups is 1. The molecule has 0 spiro atoms. The zero-order valence-corrected chi connectivity index (χ0v) is 12.8. The number of hydrogen-bond donors (Lipinski definition) is 1. The van der Waals surface area contributed by atoms with Crippen LogP contribution in [0.3, 0.4) is 0 Å². The van der Waals surface area contributed by atoms with Crippen LogP contribution in [0.4, 0.5) is 0 Å². The Morgan fingerprint density at radius 3 is 2.48 bits per heavy atom. The average molecular weight is 300 g/mol. The highest BCUT2D eigenvalue weighted by molar-refractivity contribution is 7.80. The zero-order chi connectivity index (χ0) is 15.6. The molecule has 0 bridgehead atoms. The van der Waals surface area contributed by atoms with Gasteiger partial charge in [-0.2, -0.15) is 0 Å². The van der Waals surface area contributed by atoms with E-state index in [1.807, 2.05) is 32.0 Å². The summed E-state index contributed by atoms with van der Waals surface area (Å²) in [5.74, 6) is -0.862. The second-order valence-electron chi connectivity index (χ2n) is 4.83. The van der Waals surface area contributed by atoms with Crippen LogP contribution in [0.5, 0.6) is 0 Å². The number of rotatable bonds is 3. The molecule has 2 amide bonds. The third-order valence-electron chi connectivity index (χ3n) is 3.33.